The monoisotopic (exact) mass is 249 g/mol. The van der Waals surface area contributed by atoms with Gasteiger partial charge in [0.25, 0.3) is 5.91 Å². The third kappa shape index (κ3) is 2.61. The summed E-state index contributed by atoms with van der Waals surface area (Å²) in [6.07, 6.45) is 4.59. The summed E-state index contributed by atoms with van der Waals surface area (Å²) in [5, 5.41) is 12.3. The van der Waals surface area contributed by atoms with Crippen molar-refractivity contribution >= 4 is 11.7 Å². The van der Waals surface area contributed by atoms with Gasteiger partial charge >= 0.3 is 0 Å². The number of carbonyl (C=O) groups is 1. The molecule has 0 aliphatic carbocycles. The van der Waals surface area contributed by atoms with Crippen molar-refractivity contribution in [3.05, 3.63) is 23.9 Å². The van der Waals surface area contributed by atoms with Crippen LogP contribution in [0.3, 0.4) is 0 Å². The van der Waals surface area contributed by atoms with Crippen molar-refractivity contribution < 1.29 is 9.90 Å². The normalized spacial score (nSPS) is 19.7. The van der Waals surface area contributed by atoms with Crippen LogP contribution in [-0.4, -0.2) is 47.1 Å². The zero-order chi connectivity index (χ0) is 13.0. The molecule has 1 unspecified atom stereocenters. The molecular weight excluding hydrogens is 230 g/mol. The number of rotatable bonds is 3. The lowest BCUT2D eigenvalue weighted by atomic mass is 10.0. The van der Waals surface area contributed by atoms with Gasteiger partial charge in [-0.3, -0.25) is 4.79 Å². The summed E-state index contributed by atoms with van der Waals surface area (Å²) in [6.45, 7) is 0.761. The largest absolute Gasteiger partial charge is 0.394 e. The summed E-state index contributed by atoms with van der Waals surface area (Å²) in [6, 6.07) is 3.41. The Morgan fingerprint density at radius 1 is 1.61 bits per heavy atom. The zero-order valence-corrected chi connectivity index (χ0v) is 10.6. The van der Waals surface area contributed by atoms with Crippen molar-refractivity contribution in [3.8, 4) is 0 Å². The SMILES string of the molecule is CNc1cc(C(=O)N2CCCCC2CO)ccn1. The van der Waals surface area contributed by atoms with Gasteiger partial charge in [-0.1, -0.05) is 0 Å². The molecule has 1 aromatic heterocycles. The minimum Gasteiger partial charge on any atom is -0.394 e. The number of aliphatic hydroxyl groups is 1. The van der Waals surface area contributed by atoms with E-state index in [9.17, 15) is 9.90 Å². The van der Waals surface area contributed by atoms with Gasteiger partial charge in [-0.05, 0) is 31.4 Å². The second-order valence-electron chi connectivity index (χ2n) is 4.51. The predicted molar refractivity (Wildman–Crippen MR) is 69.5 cm³/mol. The summed E-state index contributed by atoms with van der Waals surface area (Å²) < 4.78 is 0. The molecule has 5 nitrogen and oxygen atoms in total. The van der Waals surface area contributed by atoms with Gasteiger partial charge in [0.1, 0.15) is 5.82 Å². The van der Waals surface area contributed by atoms with Gasteiger partial charge in [-0.2, -0.15) is 0 Å². The predicted octanol–water partition coefficient (Wildman–Crippen LogP) is 1.11. The van der Waals surface area contributed by atoms with E-state index in [1.54, 1.807) is 30.3 Å². The summed E-state index contributed by atoms with van der Waals surface area (Å²) >= 11 is 0. The number of pyridine rings is 1. The molecule has 0 saturated carbocycles. The number of nitrogens with zero attached hydrogens (tertiary/aromatic N) is 2. The van der Waals surface area contributed by atoms with Crippen LogP contribution in [0, 0.1) is 0 Å². The first-order valence-electron chi connectivity index (χ1n) is 6.32. The van der Waals surface area contributed by atoms with Crippen molar-refractivity contribution in [3.63, 3.8) is 0 Å². The maximum absolute atomic E-state index is 12.4. The van der Waals surface area contributed by atoms with Crippen molar-refractivity contribution in [2.75, 3.05) is 25.5 Å². The second-order valence-corrected chi connectivity index (χ2v) is 4.51. The van der Waals surface area contributed by atoms with Crippen LogP contribution in [0.5, 0.6) is 0 Å². The Morgan fingerprint density at radius 2 is 2.44 bits per heavy atom. The van der Waals surface area contributed by atoms with Gasteiger partial charge in [-0.25, -0.2) is 4.98 Å². The Bertz CT molecular complexity index is 422. The first kappa shape index (κ1) is 12.8. The maximum atomic E-state index is 12.4. The fourth-order valence-corrected chi connectivity index (χ4v) is 2.32. The summed E-state index contributed by atoms with van der Waals surface area (Å²) in [5.41, 5.74) is 0.620. The number of nitrogens with one attached hydrogen (secondary N) is 1. The molecule has 1 aromatic rings. The van der Waals surface area contributed by atoms with Gasteiger partial charge in [0.05, 0.1) is 12.6 Å². The lowest BCUT2D eigenvalue weighted by molar-refractivity contribution is 0.0503. The molecule has 2 rings (SSSR count). The molecule has 0 spiro atoms. The minimum atomic E-state index is -0.0440. The van der Waals surface area contributed by atoms with Gasteiger partial charge < -0.3 is 15.3 Å². The lowest BCUT2D eigenvalue weighted by Gasteiger charge is -2.34. The Balaban J connectivity index is 2.18. The van der Waals surface area contributed by atoms with Gasteiger partial charge in [0, 0.05) is 25.4 Å². The average molecular weight is 249 g/mol. The van der Waals surface area contributed by atoms with E-state index in [2.05, 4.69) is 10.3 Å². The molecule has 5 heteroatoms. The number of carbonyl (C=O) groups excluding carboxylic acids is 1. The molecule has 2 N–H and O–H groups in total. The number of piperidine rings is 1. The number of amides is 1. The standard InChI is InChI=1S/C13H19N3O2/c1-14-12-8-10(5-6-15-12)13(18)16-7-3-2-4-11(16)9-17/h5-6,8,11,17H,2-4,7,9H2,1H3,(H,14,15). The summed E-state index contributed by atoms with van der Waals surface area (Å²) in [5.74, 6) is 0.658. The molecule has 1 aliphatic rings. The van der Waals surface area contributed by atoms with E-state index >= 15 is 0 Å². The molecule has 1 fully saturated rings. The van der Waals surface area contributed by atoms with Crippen molar-refractivity contribution in [1.29, 1.82) is 0 Å². The molecular formula is C13H19N3O2. The minimum absolute atomic E-state index is 0.0207. The number of aromatic nitrogens is 1. The first-order chi connectivity index (χ1) is 8.76. The molecule has 1 aliphatic heterocycles. The highest BCUT2D eigenvalue weighted by Crippen LogP contribution is 2.20. The highest BCUT2D eigenvalue weighted by molar-refractivity contribution is 5.95. The van der Waals surface area contributed by atoms with Crippen LogP contribution in [0.15, 0.2) is 18.3 Å². The van der Waals surface area contributed by atoms with Crippen LogP contribution in [0.25, 0.3) is 0 Å². The van der Waals surface area contributed by atoms with Crippen LogP contribution >= 0.6 is 0 Å². The van der Waals surface area contributed by atoms with Gasteiger partial charge in [0.2, 0.25) is 0 Å². The van der Waals surface area contributed by atoms with Crippen molar-refractivity contribution in [1.82, 2.24) is 9.88 Å². The molecule has 18 heavy (non-hydrogen) atoms. The summed E-state index contributed by atoms with van der Waals surface area (Å²) in [7, 11) is 1.77. The fourth-order valence-electron chi connectivity index (χ4n) is 2.32. The van der Waals surface area contributed by atoms with Crippen molar-refractivity contribution in [2.45, 2.75) is 25.3 Å². The Hall–Kier alpha value is -1.62. The van der Waals surface area contributed by atoms with Crippen LogP contribution in [-0.2, 0) is 0 Å². The van der Waals surface area contributed by atoms with E-state index < -0.39 is 0 Å². The third-order valence-corrected chi connectivity index (χ3v) is 3.36. The number of anilines is 1. The quantitative estimate of drug-likeness (QED) is 0.842. The molecule has 0 bridgehead atoms. The topological polar surface area (TPSA) is 65.5 Å². The number of likely N-dealkylation sites (tertiary alicyclic amines) is 1. The maximum Gasteiger partial charge on any atom is 0.254 e. The zero-order valence-electron chi connectivity index (χ0n) is 10.6. The fraction of sp³-hybridized carbons (Fsp3) is 0.538. The number of aliphatic hydroxyl groups excluding tert-OH is 1. The van der Waals surface area contributed by atoms with Crippen LogP contribution in [0.2, 0.25) is 0 Å². The molecule has 0 radical (unpaired) electrons. The summed E-state index contributed by atoms with van der Waals surface area (Å²) in [4.78, 5) is 18.3. The Morgan fingerprint density at radius 3 is 3.17 bits per heavy atom. The van der Waals surface area contributed by atoms with Crippen molar-refractivity contribution in [2.24, 2.45) is 0 Å². The molecule has 1 atom stereocenters. The smallest absolute Gasteiger partial charge is 0.254 e. The highest BCUT2D eigenvalue weighted by Gasteiger charge is 2.26. The van der Waals surface area contributed by atoms with E-state index in [0.29, 0.717) is 11.4 Å². The molecule has 0 aromatic carbocycles. The molecule has 98 valence electrons. The molecule has 1 amide bonds. The van der Waals surface area contributed by atoms with E-state index in [-0.39, 0.29) is 18.6 Å². The van der Waals surface area contributed by atoms with Crippen LogP contribution in [0.1, 0.15) is 29.6 Å². The molecule has 2 heterocycles. The van der Waals surface area contributed by atoms with E-state index in [4.69, 9.17) is 0 Å². The van der Waals surface area contributed by atoms with Gasteiger partial charge in [-0.15, -0.1) is 0 Å². The third-order valence-electron chi connectivity index (χ3n) is 3.36. The van der Waals surface area contributed by atoms with E-state index in [1.165, 1.54) is 0 Å². The highest BCUT2D eigenvalue weighted by atomic mass is 16.3. The lowest BCUT2D eigenvalue weighted by Crippen LogP contribution is -2.45. The molecule has 1 saturated heterocycles. The number of hydrogen-bond acceptors (Lipinski definition) is 4. The van der Waals surface area contributed by atoms with Crippen LogP contribution in [0.4, 0.5) is 5.82 Å². The van der Waals surface area contributed by atoms with E-state index in [0.717, 1.165) is 25.8 Å². The second kappa shape index (κ2) is 5.82. The van der Waals surface area contributed by atoms with E-state index in [1.807, 2.05) is 0 Å². The van der Waals surface area contributed by atoms with Crippen LogP contribution < -0.4 is 5.32 Å². The van der Waals surface area contributed by atoms with Gasteiger partial charge in [0.15, 0.2) is 0 Å². The average Bonchev–Trinajstić information content (AvgIpc) is 2.46. The Kier molecular flexibility index (Phi) is 4.15. The number of hydrogen-bond donors (Lipinski definition) is 2. The Labute approximate surface area is 107 Å². The first-order valence-corrected chi connectivity index (χ1v) is 6.32.